The summed E-state index contributed by atoms with van der Waals surface area (Å²) in [4.78, 5) is 38.9. The lowest BCUT2D eigenvalue weighted by Crippen LogP contribution is -2.38. The van der Waals surface area contributed by atoms with Crippen molar-refractivity contribution in [2.45, 2.75) is 51.1 Å². The average Bonchev–Trinajstić information content (AvgIpc) is 3.22. The van der Waals surface area contributed by atoms with Crippen molar-refractivity contribution in [2.24, 2.45) is 0 Å². The summed E-state index contributed by atoms with van der Waals surface area (Å²) in [5.41, 5.74) is 1.28. The molecule has 2 aromatic rings. The van der Waals surface area contributed by atoms with Crippen molar-refractivity contribution in [3.05, 3.63) is 70.1 Å². The van der Waals surface area contributed by atoms with E-state index in [0.717, 1.165) is 25.7 Å². The first-order valence-corrected chi connectivity index (χ1v) is 10.2. The lowest BCUT2D eigenvalue weighted by Gasteiger charge is -2.22. The van der Waals surface area contributed by atoms with Gasteiger partial charge in [0.05, 0.1) is 5.56 Å². The summed E-state index contributed by atoms with van der Waals surface area (Å²) in [6, 6.07) is 13.1. The van der Waals surface area contributed by atoms with Crippen molar-refractivity contribution in [2.75, 3.05) is 13.6 Å². The highest BCUT2D eigenvalue weighted by molar-refractivity contribution is 5.93. The summed E-state index contributed by atoms with van der Waals surface area (Å²) in [7, 11) is 1.75. The predicted molar refractivity (Wildman–Crippen MR) is 113 cm³/mol. The second-order valence-corrected chi connectivity index (χ2v) is 7.93. The molecule has 29 heavy (non-hydrogen) atoms. The fraction of sp³-hybridized carbons (Fsp3) is 0.435. The van der Waals surface area contributed by atoms with Gasteiger partial charge in [0.1, 0.15) is 6.54 Å². The molecule has 0 unspecified atom stereocenters. The number of hydrogen-bond acceptors (Lipinski definition) is 3. The van der Waals surface area contributed by atoms with Crippen LogP contribution in [0.15, 0.2) is 53.5 Å². The molecule has 0 spiro atoms. The van der Waals surface area contributed by atoms with E-state index >= 15 is 0 Å². The van der Waals surface area contributed by atoms with Crippen molar-refractivity contribution >= 4 is 11.8 Å². The highest BCUT2D eigenvalue weighted by Crippen LogP contribution is 2.18. The van der Waals surface area contributed by atoms with Gasteiger partial charge in [-0.05, 0) is 30.4 Å². The number of likely N-dealkylation sites (N-methyl/N-ethyl adjacent to an activating group) is 1. The minimum atomic E-state index is -0.288. The fourth-order valence-electron chi connectivity index (χ4n) is 3.88. The Balaban J connectivity index is 1.65. The monoisotopic (exact) mass is 395 g/mol. The van der Waals surface area contributed by atoms with Gasteiger partial charge in [-0.15, -0.1) is 0 Å². The molecule has 1 fully saturated rings. The lowest BCUT2D eigenvalue weighted by atomic mass is 10.0. The van der Waals surface area contributed by atoms with Gasteiger partial charge in [-0.25, -0.2) is 0 Å². The maximum Gasteiger partial charge on any atom is 0.255 e. The number of benzene rings is 1. The number of nitrogens with one attached hydrogen (secondary N) is 1. The van der Waals surface area contributed by atoms with Crippen LogP contribution in [0.3, 0.4) is 0 Å². The van der Waals surface area contributed by atoms with Crippen molar-refractivity contribution in [3.8, 4) is 0 Å². The van der Waals surface area contributed by atoms with E-state index in [2.05, 4.69) is 12.2 Å². The molecule has 154 valence electrons. The normalized spacial score (nSPS) is 15.1. The van der Waals surface area contributed by atoms with Gasteiger partial charge in [0.15, 0.2) is 0 Å². The third-order valence-corrected chi connectivity index (χ3v) is 5.53. The molecule has 1 aliphatic carbocycles. The highest BCUT2D eigenvalue weighted by atomic mass is 16.2. The first-order valence-electron chi connectivity index (χ1n) is 10.2. The maximum atomic E-state index is 12.8. The molecule has 3 rings (SSSR count). The average molecular weight is 396 g/mol. The molecule has 0 saturated heterocycles. The van der Waals surface area contributed by atoms with Crippen LogP contribution in [-0.4, -0.2) is 40.9 Å². The number of aromatic nitrogens is 1. The van der Waals surface area contributed by atoms with Gasteiger partial charge < -0.3 is 14.8 Å². The minimum absolute atomic E-state index is 0.0689. The van der Waals surface area contributed by atoms with E-state index in [1.54, 1.807) is 11.9 Å². The summed E-state index contributed by atoms with van der Waals surface area (Å²) >= 11 is 0. The first-order chi connectivity index (χ1) is 13.9. The topological polar surface area (TPSA) is 71.4 Å². The van der Waals surface area contributed by atoms with E-state index in [0.29, 0.717) is 12.1 Å². The molecule has 1 aromatic carbocycles. The van der Waals surface area contributed by atoms with Crippen LogP contribution >= 0.6 is 0 Å². The van der Waals surface area contributed by atoms with Gasteiger partial charge in [-0.1, -0.05) is 50.1 Å². The molecule has 0 bridgehead atoms. The predicted octanol–water partition coefficient (Wildman–Crippen LogP) is 2.78. The van der Waals surface area contributed by atoms with Crippen molar-refractivity contribution < 1.29 is 9.59 Å². The number of amides is 2. The Hall–Kier alpha value is -2.89. The van der Waals surface area contributed by atoms with Crippen molar-refractivity contribution in [1.29, 1.82) is 0 Å². The van der Waals surface area contributed by atoms with Crippen LogP contribution in [0, 0.1) is 0 Å². The van der Waals surface area contributed by atoms with Gasteiger partial charge in [-0.2, -0.15) is 0 Å². The maximum absolute atomic E-state index is 12.8. The zero-order chi connectivity index (χ0) is 20.8. The van der Waals surface area contributed by atoms with Crippen LogP contribution in [0.4, 0.5) is 0 Å². The molecule has 1 saturated carbocycles. The van der Waals surface area contributed by atoms with E-state index in [1.165, 1.54) is 28.5 Å². The van der Waals surface area contributed by atoms with Crippen LogP contribution in [-0.2, 0) is 11.3 Å². The van der Waals surface area contributed by atoms with Crippen LogP contribution in [0.25, 0.3) is 0 Å². The van der Waals surface area contributed by atoms with Crippen molar-refractivity contribution in [3.63, 3.8) is 0 Å². The Morgan fingerprint density at radius 2 is 1.83 bits per heavy atom. The minimum Gasteiger partial charge on any atom is -0.352 e. The summed E-state index contributed by atoms with van der Waals surface area (Å²) < 4.78 is 1.31. The van der Waals surface area contributed by atoms with Gasteiger partial charge >= 0.3 is 0 Å². The molecule has 1 aliphatic rings. The molecule has 1 aromatic heterocycles. The molecule has 1 heterocycles. The van der Waals surface area contributed by atoms with Crippen LogP contribution in [0.2, 0.25) is 0 Å². The summed E-state index contributed by atoms with van der Waals surface area (Å²) in [6.07, 6.45) is 5.72. The van der Waals surface area contributed by atoms with Gasteiger partial charge in [-0.3, -0.25) is 14.4 Å². The van der Waals surface area contributed by atoms with E-state index < -0.39 is 0 Å². The lowest BCUT2D eigenvalue weighted by molar-refractivity contribution is -0.122. The van der Waals surface area contributed by atoms with E-state index in [-0.39, 0.29) is 35.9 Å². The summed E-state index contributed by atoms with van der Waals surface area (Å²) in [5, 5.41) is 2.98. The zero-order valence-electron chi connectivity index (χ0n) is 17.1. The van der Waals surface area contributed by atoms with Crippen LogP contribution in [0.1, 0.15) is 54.4 Å². The Bertz CT molecular complexity index is 901. The molecule has 1 N–H and O–H groups in total. The third kappa shape index (κ3) is 5.56. The molecule has 0 radical (unpaired) electrons. The molecule has 6 nitrogen and oxygen atoms in total. The summed E-state index contributed by atoms with van der Waals surface area (Å²) in [5.74, 6) is -0.166. The van der Waals surface area contributed by atoms with Gasteiger partial charge in [0.25, 0.3) is 11.5 Å². The number of carbonyl (C=O) groups excluding carboxylic acids is 2. The van der Waals surface area contributed by atoms with E-state index in [4.69, 9.17) is 0 Å². The Kier molecular flexibility index (Phi) is 6.86. The quantitative estimate of drug-likeness (QED) is 0.784. The second kappa shape index (κ2) is 9.54. The van der Waals surface area contributed by atoms with E-state index in [9.17, 15) is 14.4 Å². The van der Waals surface area contributed by atoms with Crippen molar-refractivity contribution in [1.82, 2.24) is 14.8 Å². The number of hydrogen-bond donors (Lipinski definition) is 1. The second-order valence-electron chi connectivity index (χ2n) is 7.93. The standard InChI is InChI=1S/C23H29N3O3/c1-17(18-8-4-3-5-9-18)14-25(2)23(29)19-12-13-22(28)26(15-19)16-21(27)24-20-10-6-7-11-20/h3-5,8-9,12-13,15,17,20H,6-7,10-11,14,16H2,1-2H3,(H,24,27)/t17-/m0/s1. The highest BCUT2D eigenvalue weighted by Gasteiger charge is 2.19. The number of nitrogens with zero attached hydrogens (tertiary/aromatic N) is 2. The van der Waals surface area contributed by atoms with Crippen LogP contribution in [0.5, 0.6) is 0 Å². The smallest absolute Gasteiger partial charge is 0.255 e. The largest absolute Gasteiger partial charge is 0.352 e. The fourth-order valence-corrected chi connectivity index (χ4v) is 3.88. The number of carbonyl (C=O) groups is 2. The van der Waals surface area contributed by atoms with Gasteiger partial charge in [0, 0.05) is 31.9 Å². The third-order valence-electron chi connectivity index (χ3n) is 5.53. The Morgan fingerprint density at radius 3 is 2.52 bits per heavy atom. The van der Waals surface area contributed by atoms with Gasteiger partial charge in [0.2, 0.25) is 5.91 Å². The molecule has 6 heteroatoms. The zero-order valence-corrected chi connectivity index (χ0v) is 17.1. The first kappa shape index (κ1) is 20.8. The Morgan fingerprint density at radius 1 is 1.14 bits per heavy atom. The SMILES string of the molecule is C[C@@H](CN(C)C(=O)c1ccc(=O)n(CC(=O)NC2CCCC2)c1)c1ccccc1. The molecule has 2 amide bonds. The number of rotatable bonds is 7. The molecular weight excluding hydrogens is 366 g/mol. The van der Waals surface area contributed by atoms with E-state index in [1.807, 2.05) is 30.3 Å². The molecule has 1 atom stereocenters. The Labute approximate surface area is 171 Å². The molecular formula is C23H29N3O3. The molecule has 0 aliphatic heterocycles. The number of pyridine rings is 1. The van der Waals surface area contributed by atoms with Crippen LogP contribution < -0.4 is 10.9 Å². The summed E-state index contributed by atoms with van der Waals surface area (Å²) in [6.45, 7) is 2.57.